The molecule has 11 heteroatoms. The number of aliphatic carboxylic acids is 1. The molecule has 10 nitrogen and oxygen atoms in total. The summed E-state index contributed by atoms with van der Waals surface area (Å²) in [5.74, 6) is -1.82. The fourth-order valence-corrected chi connectivity index (χ4v) is 5.76. The minimum absolute atomic E-state index is 0.0395. The Morgan fingerprint density at radius 1 is 1.14 bits per heavy atom. The second-order valence-electron chi connectivity index (χ2n) is 8.59. The predicted octanol–water partition coefficient (Wildman–Crippen LogP) is 4.26. The lowest BCUT2D eigenvalue weighted by molar-refractivity contribution is -0.384. The van der Waals surface area contributed by atoms with Gasteiger partial charge in [-0.3, -0.25) is 24.4 Å². The number of nitrogens with one attached hydrogen (secondary N) is 1. The van der Waals surface area contributed by atoms with Crippen molar-refractivity contribution >= 4 is 39.0 Å². The topological polar surface area (TPSA) is 147 Å². The molecule has 3 rings (SSSR count). The Morgan fingerprint density at radius 3 is 2.49 bits per heavy atom. The van der Waals surface area contributed by atoms with Crippen LogP contribution in [-0.2, 0) is 19.6 Å². The Kier molecular flexibility index (Phi) is 8.11. The maximum Gasteiger partial charge on any atom is 0.303 e. The van der Waals surface area contributed by atoms with Crippen molar-refractivity contribution in [3.63, 3.8) is 0 Å². The minimum atomic E-state index is -3.93. The second-order valence-corrected chi connectivity index (χ2v) is 10.4. The standard InChI is InChI=1S/C24H29N3O7S/c1-3-22(28)26-16(2)15-19(17-9-4-5-12-21(17)26)18-10-8-11-20(24(18)27(31)32)25-35(33,34)14-7-6-13-23(29)30/h4-5,8-12,16,19,25H,3,6-7,13-15H2,1-2H3,(H,29,30)/t16-,19+/m0/s1. The first-order valence-corrected chi connectivity index (χ1v) is 13.1. The van der Waals surface area contributed by atoms with Crippen LogP contribution in [-0.4, -0.2) is 42.1 Å². The van der Waals surface area contributed by atoms with Gasteiger partial charge in [0.05, 0.1) is 10.7 Å². The summed E-state index contributed by atoms with van der Waals surface area (Å²) in [5.41, 5.74) is 1.36. The number of nitro benzene ring substituents is 1. The highest BCUT2D eigenvalue weighted by molar-refractivity contribution is 7.92. The van der Waals surface area contributed by atoms with Crippen LogP contribution < -0.4 is 9.62 Å². The molecule has 0 aliphatic carbocycles. The van der Waals surface area contributed by atoms with Gasteiger partial charge >= 0.3 is 5.97 Å². The summed E-state index contributed by atoms with van der Waals surface area (Å²) in [5, 5.41) is 20.9. The van der Waals surface area contributed by atoms with E-state index in [1.165, 1.54) is 6.07 Å². The summed E-state index contributed by atoms with van der Waals surface area (Å²) < 4.78 is 27.5. The number of sulfonamides is 1. The van der Waals surface area contributed by atoms with Crippen molar-refractivity contribution in [1.29, 1.82) is 0 Å². The number of carbonyl (C=O) groups excluding carboxylic acids is 1. The lowest BCUT2D eigenvalue weighted by Gasteiger charge is -2.39. The predicted molar refractivity (Wildman–Crippen MR) is 132 cm³/mol. The molecule has 2 aromatic rings. The second kappa shape index (κ2) is 10.9. The highest BCUT2D eigenvalue weighted by Crippen LogP contribution is 2.46. The van der Waals surface area contributed by atoms with E-state index in [1.807, 2.05) is 31.2 Å². The molecular formula is C24H29N3O7S. The monoisotopic (exact) mass is 503 g/mol. The third-order valence-corrected chi connectivity index (χ3v) is 7.46. The van der Waals surface area contributed by atoms with Gasteiger partial charge in [0.15, 0.2) is 0 Å². The Balaban J connectivity index is 1.99. The zero-order valence-electron chi connectivity index (χ0n) is 19.6. The van der Waals surface area contributed by atoms with E-state index in [0.717, 1.165) is 5.56 Å². The van der Waals surface area contributed by atoms with E-state index in [4.69, 9.17) is 5.11 Å². The molecule has 0 spiro atoms. The van der Waals surface area contributed by atoms with Gasteiger partial charge in [0.25, 0.3) is 5.69 Å². The Labute approximate surface area is 204 Å². The van der Waals surface area contributed by atoms with Crippen LogP contribution in [0.15, 0.2) is 42.5 Å². The van der Waals surface area contributed by atoms with Crippen LogP contribution in [0.25, 0.3) is 0 Å². The van der Waals surface area contributed by atoms with Crippen molar-refractivity contribution in [1.82, 2.24) is 0 Å². The SMILES string of the molecule is CCC(=O)N1c2ccccc2[C@H](c2cccc(NS(=O)(=O)CCCCC(=O)O)c2[N+](=O)[O-])C[C@@H]1C. The number of rotatable bonds is 10. The molecule has 2 aromatic carbocycles. The number of fused-ring (bicyclic) bond motifs is 1. The molecule has 1 aliphatic heterocycles. The first-order valence-electron chi connectivity index (χ1n) is 11.5. The highest BCUT2D eigenvalue weighted by Gasteiger charge is 2.37. The normalized spacial score (nSPS) is 17.5. The molecule has 35 heavy (non-hydrogen) atoms. The van der Waals surface area contributed by atoms with Gasteiger partial charge in [-0.05, 0) is 43.9 Å². The quantitative estimate of drug-likeness (QED) is 0.280. The molecule has 1 heterocycles. The Morgan fingerprint density at radius 2 is 1.83 bits per heavy atom. The molecule has 0 unspecified atom stereocenters. The first-order chi connectivity index (χ1) is 16.6. The first kappa shape index (κ1) is 26.1. The van der Waals surface area contributed by atoms with Crippen molar-refractivity contribution in [2.24, 2.45) is 0 Å². The van der Waals surface area contributed by atoms with E-state index in [2.05, 4.69) is 4.72 Å². The summed E-state index contributed by atoms with van der Waals surface area (Å²) in [6, 6.07) is 11.6. The van der Waals surface area contributed by atoms with Gasteiger partial charge in [-0.2, -0.15) is 0 Å². The highest BCUT2D eigenvalue weighted by atomic mass is 32.2. The van der Waals surface area contributed by atoms with E-state index in [9.17, 15) is 28.1 Å². The van der Waals surface area contributed by atoms with Gasteiger partial charge in [0.1, 0.15) is 5.69 Å². The molecule has 0 bridgehead atoms. The molecule has 0 saturated carbocycles. The summed E-state index contributed by atoms with van der Waals surface area (Å²) in [4.78, 5) is 36.6. The van der Waals surface area contributed by atoms with Crippen LogP contribution >= 0.6 is 0 Å². The van der Waals surface area contributed by atoms with Crippen LogP contribution in [0.5, 0.6) is 0 Å². The summed E-state index contributed by atoms with van der Waals surface area (Å²) >= 11 is 0. The van der Waals surface area contributed by atoms with Gasteiger partial charge in [0.2, 0.25) is 15.9 Å². The van der Waals surface area contributed by atoms with E-state index in [0.29, 0.717) is 24.1 Å². The molecular weight excluding hydrogens is 474 g/mol. The van der Waals surface area contributed by atoms with E-state index in [-0.39, 0.29) is 48.3 Å². The fourth-order valence-electron chi connectivity index (χ4n) is 4.57. The molecule has 0 saturated heterocycles. The number of carboxylic acids is 1. The van der Waals surface area contributed by atoms with Gasteiger partial charge in [-0.15, -0.1) is 0 Å². The average Bonchev–Trinajstić information content (AvgIpc) is 2.80. The van der Waals surface area contributed by atoms with Gasteiger partial charge in [-0.25, -0.2) is 8.42 Å². The number of benzene rings is 2. The van der Waals surface area contributed by atoms with Crippen molar-refractivity contribution in [3.05, 3.63) is 63.7 Å². The van der Waals surface area contributed by atoms with Crippen LogP contribution in [0.1, 0.15) is 63.0 Å². The van der Waals surface area contributed by atoms with Crippen LogP contribution in [0, 0.1) is 10.1 Å². The van der Waals surface area contributed by atoms with Gasteiger partial charge in [-0.1, -0.05) is 37.3 Å². The molecule has 2 atom stereocenters. The van der Waals surface area contributed by atoms with E-state index < -0.39 is 26.8 Å². The molecule has 188 valence electrons. The van der Waals surface area contributed by atoms with Crippen molar-refractivity contribution < 1.29 is 28.0 Å². The number of hydrogen-bond acceptors (Lipinski definition) is 6. The minimum Gasteiger partial charge on any atom is -0.481 e. The largest absolute Gasteiger partial charge is 0.481 e. The molecule has 0 fully saturated rings. The van der Waals surface area contributed by atoms with Crippen molar-refractivity contribution in [2.75, 3.05) is 15.4 Å². The number of unbranched alkanes of at least 4 members (excludes halogenated alkanes) is 1. The van der Waals surface area contributed by atoms with E-state index >= 15 is 0 Å². The maximum atomic E-state index is 12.6. The van der Waals surface area contributed by atoms with Gasteiger partial charge < -0.3 is 10.0 Å². The van der Waals surface area contributed by atoms with Crippen LogP contribution in [0.4, 0.5) is 17.1 Å². The van der Waals surface area contributed by atoms with Gasteiger partial charge in [0, 0.05) is 36.1 Å². The summed E-state index contributed by atoms with van der Waals surface area (Å²) in [6.45, 7) is 3.68. The number of carbonyl (C=O) groups is 2. The summed E-state index contributed by atoms with van der Waals surface area (Å²) in [6.07, 6.45) is 0.913. The summed E-state index contributed by atoms with van der Waals surface area (Å²) in [7, 11) is -3.93. The Bertz CT molecular complexity index is 1230. The molecule has 0 aromatic heterocycles. The molecule has 0 radical (unpaired) electrons. The maximum absolute atomic E-state index is 12.6. The van der Waals surface area contributed by atoms with Crippen molar-refractivity contribution in [2.45, 2.75) is 57.9 Å². The smallest absolute Gasteiger partial charge is 0.303 e. The number of nitro groups is 1. The van der Waals surface area contributed by atoms with Crippen molar-refractivity contribution in [3.8, 4) is 0 Å². The molecule has 1 amide bonds. The third-order valence-electron chi connectivity index (χ3n) is 6.10. The average molecular weight is 504 g/mol. The number of hydrogen-bond donors (Lipinski definition) is 2. The third kappa shape index (κ3) is 5.97. The Hall–Kier alpha value is -3.47. The fraction of sp³-hybridized carbons (Fsp3) is 0.417. The number of nitrogens with zero attached hydrogens (tertiary/aromatic N) is 2. The van der Waals surface area contributed by atoms with E-state index in [1.54, 1.807) is 24.0 Å². The number of para-hydroxylation sites is 2. The number of carboxylic acid groups (broad SMARTS) is 1. The number of anilines is 2. The lowest BCUT2D eigenvalue weighted by atomic mass is 9.80. The number of amides is 1. The lowest BCUT2D eigenvalue weighted by Crippen LogP contribution is -2.43. The van der Waals surface area contributed by atoms with Crippen LogP contribution in [0.2, 0.25) is 0 Å². The zero-order chi connectivity index (χ0) is 25.8. The molecule has 1 aliphatic rings. The molecule has 2 N–H and O–H groups in total. The zero-order valence-corrected chi connectivity index (χ0v) is 20.5. The van der Waals surface area contributed by atoms with Crippen LogP contribution in [0.3, 0.4) is 0 Å².